The highest BCUT2D eigenvalue weighted by atomic mass is 16.1. The second-order valence-corrected chi connectivity index (χ2v) is 6.03. The zero-order valence-electron chi connectivity index (χ0n) is 12.5. The summed E-state index contributed by atoms with van der Waals surface area (Å²) in [4.78, 5) is 15.6. The fourth-order valence-electron chi connectivity index (χ4n) is 3.43. The molecule has 1 saturated carbocycles. The number of carbonyl (C=O) groups excluding carboxylic acids is 1. The maximum Gasteiger partial charge on any atom is 0.267 e. The average Bonchev–Trinajstić information content (AvgIpc) is 2.93. The topological polar surface area (TPSA) is 70.9 Å². The minimum Gasteiger partial charge on any atom is -0.397 e. The van der Waals surface area contributed by atoms with Gasteiger partial charge in [0.25, 0.3) is 5.91 Å². The third kappa shape index (κ3) is 2.75. The van der Waals surface area contributed by atoms with E-state index in [1.807, 2.05) is 24.3 Å². The summed E-state index contributed by atoms with van der Waals surface area (Å²) < 4.78 is 0. The Bertz CT molecular complexity index is 647. The summed E-state index contributed by atoms with van der Waals surface area (Å²) in [7, 11) is 0. The monoisotopic (exact) mass is 285 g/mol. The van der Waals surface area contributed by atoms with Gasteiger partial charge in [0.2, 0.25) is 0 Å². The van der Waals surface area contributed by atoms with Crippen molar-refractivity contribution in [2.75, 3.05) is 5.73 Å². The smallest absolute Gasteiger partial charge is 0.267 e. The Morgan fingerprint density at radius 2 is 2.19 bits per heavy atom. The zero-order valence-corrected chi connectivity index (χ0v) is 12.5. The summed E-state index contributed by atoms with van der Waals surface area (Å²) in [6, 6.07) is 7.90. The van der Waals surface area contributed by atoms with Gasteiger partial charge in [-0.3, -0.25) is 4.79 Å². The number of rotatable bonds is 3. The van der Waals surface area contributed by atoms with Crippen LogP contribution in [0.4, 0.5) is 5.69 Å². The van der Waals surface area contributed by atoms with E-state index in [0.29, 0.717) is 23.3 Å². The Morgan fingerprint density at radius 1 is 1.38 bits per heavy atom. The number of hydrogen-bond donors (Lipinski definition) is 3. The van der Waals surface area contributed by atoms with Gasteiger partial charge in [0.15, 0.2) is 0 Å². The minimum absolute atomic E-state index is 0.0176. The number of H-pyrrole nitrogens is 1. The summed E-state index contributed by atoms with van der Waals surface area (Å²) in [5.74, 6) is 0.591. The summed E-state index contributed by atoms with van der Waals surface area (Å²) in [5.41, 5.74) is 8.06. The molecule has 2 unspecified atom stereocenters. The molecule has 0 aliphatic heterocycles. The summed E-state index contributed by atoms with van der Waals surface area (Å²) in [5, 5.41) is 4.19. The van der Waals surface area contributed by atoms with E-state index >= 15 is 0 Å². The Kier molecular flexibility index (Phi) is 3.86. The number of nitrogens with one attached hydrogen (secondary N) is 2. The first-order chi connectivity index (χ1) is 10.2. The molecule has 0 spiro atoms. The van der Waals surface area contributed by atoms with Crippen LogP contribution in [0.25, 0.3) is 10.9 Å². The first-order valence-corrected chi connectivity index (χ1v) is 7.87. The standard InChI is InChI=1S/C17H23N3O/c1-2-11-6-3-4-9-14(11)20-17(21)15-10-12-7-5-8-13(18)16(12)19-15/h5,7-8,10-11,14,19H,2-4,6,9,18H2,1H3,(H,20,21). The van der Waals surface area contributed by atoms with Gasteiger partial charge < -0.3 is 16.0 Å². The largest absolute Gasteiger partial charge is 0.397 e. The van der Waals surface area contributed by atoms with E-state index in [0.717, 1.165) is 23.7 Å². The molecular formula is C17H23N3O. The molecule has 1 aliphatic rings. The van der Waals surface area contributed by atoms with Gasteiger partial charge in [-0.25, -0.2) is 0 Å². The van der Waals surface area contributed by atoms with E-state index in [-0.39, 0.29) is 5.91 Å². The van der Waals surface area contributed by atoms with Crippen LogP contribution in [0.5, 0.6) is 0 Å². The quantitative estimate of drug-likeness (QED) is 0.756. The first kappa shape index (κ1) is 14.0. The molecule has 0 radical (unpaired) electrons. The van der Waals surface area contributed by atoms with Crippen molar-refractivity contribution >= 4 is 22.5 Å². The lowest BCUT2D eigenvalue weighted by Gasteiger charge is -2.31. The lowest BCUT2D eigenvalue weighted by Crippen LogP contribution is -2.42. The van der Waals surface area contributed by atoms with Gasteiger partial charge in [0.1, 0.15) is 5.69 Å². The Labute approximate surface area is 125 Å². The number of aromatic amines is 1. The van der Waals surface area contributed by atoms with Crippen LogP contribution in [-0.4, -0.2) is 16.9 Å². The van der Waals surface area contributed by atoms with Crippen LogP contribution in [0, 0.1) is 5.92 Å². The van der Waals surface area contributed by atoms with Crippen LogP contribution in [-0.2, 0) is 0 Å². The summed E-state index contributed by atoms with van der Waals surface area (Å²) in [6.07, 6.45) is 5.94. The molecule has 2 aromatic rings. The molecule has 1 heterocycles. The molecule has 21 heavy (non-hydrogen) atoms. The number of nitrogens with two attached hydrogens (primary N) is 1. The van der Waals surface area contributed by atoms with Crippen molar-refractivity contribution in [3.8, 4) is 0 Å². The Morgan fingerprint density at radius 3 is 2.95 bits per heavy atom. The SMILES string of the molecule is CCC1CCCCC1NC(=O)c1cc2cccc(N)c2[nH]1. The van der Waals surface area contributed by atoms with Crippen molar-refractivity contribution in [1.29, 1.82) is 0 Å². The van der Waals surface area contributed by atoms with Crippen molar-refractivity contribution in [1.82, 2.24) is 10.3 Å². The van der Waals surface area contributed by atoms with Gasteiger partial charge in [0.05, 0.1) is 11.2 Å². The first-order valence-electron chi connectivity index (χ1n) is 7.87. The molecule has 1 aromatic carbocycles. The molecule has 2 atom stereocenters. The number of aromatic nitrogens is 1. The average molecular weight is 285 g/mol. The predicted octanol–water partition coefficient (Wildman–Crippen LogP) is 3.45. The van der Waals surface area contributed by atoms with Crippen molar-refractivity contribution in [2.45, 2.75) is 45.1 Å². The molecule has 0 saturated heterocycles. The number of benzene rings is 1. The highest BCUT2D eigenvalue weighted by molar-refractivity contribution is 6.00. The van der Waals surface area contributed by atoms with Crippen LogP contribution < -0.4 is 11.1 Å². The molecule has 0 bridgehead atoms. The molecule has 4 nitrogen and oxygen atoms in total. The van der Waals surface area contributed by atoms with Crippen molar-refractivity contribution in [2.24, 2.45) is 5.92 Å². The Hall–Kier alpha value is -1.97. The maximum absolute atomic E-state index is 12.5. The number of carbonyl (C=O) groups is 1. The lowest BCUT2D eigenvalue weighted by molar-refractivity contribution is 0.0900. The molecule has 4 N–H and O–H groups in total. The van der Waals surface area contributed by atoms with Crippen LogP contribution in [0.1, 0.15) is 49.5 Å². The van der Waals surface area contributed by atoms with E-state index in [1.54, 1.807) is 0 Å². The fraction of sp³-hybridized carbons (Fsp3) is 0.471. The van der Waals surface area contributed by atoms with Crippen molar-refractivity contribution in [3.63, 3.8) is 0 Å². The van der Waals surface area contributed by atoms with E-state index < -0.39 is 0 Å². The number of para-hydroxylation sites is 1. The number of anilines is 1. The van der Waals surface area contributed by atoms with Gasteiger partial charge in [-0.2, -0.15) is 0 Å². The normalized spacial score (nSPS) is 22.3. The minimum atomic E-state index is -0.0176. The van der Waals surface area contributed by atoms with Crippen LogP contribution in [0.15, 0.2) is 24.3 Å². The summed E-state index contributed by atoms with van der Waals surface area (Å²) in [6.45, 7) is 2.21. The van der Waals surface area contributed by atoms with Crippen molar-refractivity contribution < 1.29 is 4.79 Å². The third-order valence-electron chi connectivity index (χ3n) is 4.68. The predicted molar refractivity (Wildman–Crippen MR) is 86.2 cm³/mol. The second-order valence-electron chi connectivity index (χ2n) is 6.03. The molecule has 3 rings (SSSR count). The van der Waals surface area contributed by atoms with Gasteiger partial charge in [-0.15, -0.1) is 0 Å². The number of hydrogen-bond acceptors (Lipinski definition) is 2. The summed E-state index contributed by atoms with van der Waals surface area (Å²) >= 11 is 0. The molecule has 1 aromatic heterocycles. The van der Waals surface area contributed by atoms with Crippen LogP contribution >= 0.6 is 0 Å². The van der Waals surface area contributed by atoms with E-state index in [9.17, 15) is 4.79 Å². The second kappa shape index (κ2) is 5.80. The fourth-order valence-corrected chi connectivity index (χ4v) is 3.43. The van der Waals surface area contributed by atoms with Crippen molar-refractivity contribution in [3.05, 3.63) is 30.0 Å². The molecule has 112 valence electrons. The van der Waals surface area contributed by atoms with Gasteiger partial charge in [-0.1, -0.05) is 38.3 Å². The van der Waals surface area contributed by atoms with E-state index in [4.69, 9.17) is 5.73 Å². The zero-order chi connectivity index (χ0) is 14.8. The molecular weight excluding hydrogens is 262 g/mol. The molecule has 1 aliphatic carbocycles. The lowest BCUT2D eigenvalue weighted by atomic mass is 9.83. The van der Waals surface area contributed by atoms with Crippen LogP contribution in [0.3, 0.4) is 0 Å². The third-order valence-corrected chi connectivity index (χ3v) is 4.68. The molecule has 4 heteroatoms. The van der Waals surface area contributed by atoms with Gasteiger partial charge >= 0.3 is 0 Å². The molecule has 1 fully saturated rings. The van der Waals surface area contributed by atoms with E-state index in [1.165, 1.54) is 19.3 Å². The maximum atomic E-state index is 12.5. The highest BCUT2D eigenvalue weighted by Gasteiger charge is 2.25. The molecule has 1 amide bonds. The number of fused-ring (bicyclic) bond motifs is 1. The Balaban J connectivity index is 1.78. The highest BCUT2D eigenvalue weighted by Crippen LogP contribution is 2.27. The number of nitrogen functional groups attached to an aromatic ring is 1. The van der Waals surface area contributed by atoms with Crippen LogP contribution in [0.2, 0.25) is 0 Å². The van der Waals surface area contributed by atoms with Gasteiger partial charge in [0, 0.05) is 11.4 Å². The number of amides is 1. The van der Waals surface area contributed by atoms with E-state index in [2.05, 4.69) is 17.2 Å². The van der Waals surface area contributed by atoms with Gasteiger partial charge in [-0.05, 0) is 30.9 Å².